The van der Waals surface area contributed by atoms with Gasteiger partial charge in [0.25, 0.3) is 5.91 Å². The predicted octanol–water partition coefficient (Wildman–Crippen LogP) is 5.19. The predicted molar refractivity (Wildman–Crippen MR) is 138 cm³/mol. The Bertz CT molecular complexity index is 1460. The van der Waals surface area contributed by atoms with Gasteiger partial charge in [0, 0.05) is 54.6 Å². The second-order valence-corrected chi connectivity index (χ2v) is 9.17. The number of halogens is 1. The van der Waals surface area contributed by atoms with E-state index < -0.39 is 12.0 Å². The van der Waals surface area contributed by atoms with Crippen molar-refractivity contribution < 1.29 is 18.7 Å². The van der Waals surface area contributed by atoms with Crippen molar-refractivity contribution in [2.75, 3.05) is 25.6 Å². The molecule has 3 aromatic carbocycles. The Hall–Kier alpha value is -3.97. The first-order valence-corrected chi connectivity index (χ1v) is 11.9. The first-order chi connectivity index (χ1) is 17.4. The molecule has 2 heterocycles. The number of fused-ring (bicyclic) bond motifs is 2. The molecule has 0 bridgehead atoms. The van der Waals surface area contributed by atoms with Crippen LogP contribution in [0.1, 0.15) is 39.0 Å². The molecule has 0 saturated carbocycles. The van der Waals surface area contributed by atoms with Gasteiger partial charge in [-0.1, -0.05) is 42.5 Å². The molecule has 7 heteroatoms. The molecule has 1 aliphatic rings. The average molecular weight is 486 g/mol. The van der Waals surface area contributed by atoms with Crippen molar-refractivity contribution in [3.05, 3.63) is 101 Å². The normalized spacial score (nSPS) is 17.3. The number of rotatable bonds is 6. The molecular formula is C29H28FN3O3. The van der Waals surface area contributed by atoms with Crippen molar-refractivity contribution in [3.8, 4) is 0 Å². The van der Waals surface area contributed by atoms with E-state index in [-0.39, 0.29) is 17.6 Å². The fourth-order valence-electron chi connectivity index (χ4n) is 5.16. The molecule has 0 aliphatic carbocycles. The van der Waals surface area contributed by atoms with Gasteiger partial charge in [-0.3, -0.25) is 9.59 Å². The van der Waals surface area contributed by atoms with Crippen LogP contribution in [-0.2, 0) is 16.6 Å². The van der Waals surface area contributed by atoms with Crippen LogP contribution in [0.3, 0.4) is 0 Å². The minimum absolute atomic E-state index is 0.147. The third-order valence-corrected chi connectivity index (χ3v) is 6.94. The Morgan fingerprint density at radius 1 is 1.06 bits per heavy atom. The molecule has 0 fully saturated rings. The van der Waals surface area contributed by atoms with Crippen molar-refractivity contribution >= 4 is 28.4 Å². The van der Waals surface area contributed by atoms with Gasteiger partial charge in [0.05, 0.1) is 18.6 Å². The van der Waals surface area contributed by atoms with Gasteiger partial charge < -0.3 is 19.5 Å². The van der Waals surface area contributed by atoms with Gasteiger partial charge in [0.2, 0.25) is 5.91 Å². The first-order valence-electron chi connectivity index (χ1n) is 11.9. The van der Waals surface area contributed by atoms with Gasteiger partial charge in [0.1, 0.15) is 5.82 Å². The fraction of sp³-hybridized carbons (Fsp3) is 0.241. The van der Waals surface area contributed by atoms with Crippen LogP contribution in [-0.4, -0.2) is 41.5 Å². The second-order valence-electron chi connectivity index (χ2n) is 9.17. The van der Waals surface area contributed by atoms with E-state index in [0.717, 1.165) is 16.5 Å². The zero-order valence-electron chi connectivity index (χ0n) is 20.5. The number of benzene rings is 3. The van der Waals surface area contributed by atoms with Crippen LogP contribution in [0.25, 0.3) is 10.9 Å². The minimum Gasteiger partial charge on any atom is -0.383 e. The highest BCUT2D eigenvalue weighted by Gasteiger charge is 2.45. The number of hydrogen-bond acceptors (Lipinski definition) is 3. The van der Waals surface area contributed by atoms with Crippen molar-refractivity contribution in [2.24, 2.45) is 7.05 Å². The summed E-state index contributed by atoms with van der Waals surface area (Å²) in [5.41, 5.74) is 3.89. The van der Waals surface area contributed by atoms with Gasteiger partial charge in [-0.15, -0.1) is 0 Å². The van der Waals surface area contributed by atoms with Crippen molar-refractivity contribution in [2.45, 2.75) is 18.9 Å². The van der Waals surface area contributed by atoms with E-state index in [1.165, 1.54) is 6.07 Å². The van der Waals surface area contributed by atoms with E-state index in [4.69, 9.17) is 4.74 Å². The molecule has 2 atom stereocenters. The molecule has 36 heavy (non-hydrogen) atoms. The van der Waals surface area contributed by atoms with Crippen molar-refractivity contribution in [1.29, 1.82) is 0 Å². The zero-order valence-corrected chi connectivity index (χ0v) is 20.5. The summed E-state index contributed by atoms with van der Waals surface area (Å²) >= 11 is 0. The van der Waals surface area contributed by atoms with E-state index in [2.05, 4.69) is 5.32 Å². The number of aromatic nitrogens is 1. The topological polar surface area (TPSA) is 63.6 Å². The second kappa shape index (κ2) is 9.59. The lowest BCUT2D eigenvalue weighted by molar-refractivity contribution is -0.119. The SMILES string of the molecule is COCCN1C(=O)c2ccccc2[C@H](C(=O)Nc2ccc(C)c(F)c2)[C@@H]1c1cn(C)c2ccccc12. The van der Waals surface area contributed by atoms with Gasteiger partial charge in [-0.25, -0.2) is 4.39 Å². The maximum atomic E-state index is 14.3. The molecule has 0 spiro atoms. The number of amides is 2. The van der Waals surface area contributed by atoms with Crippen LogP contribution < -0.4 is 5.32 Å². The number of carbonyl (C=O) groups is 2. The van der Waals surface area contributed by atoms with Gasteiger partial charge in [-0.05, 0) is 42.3 Å². The molecule has 5 rings (SSSR count). The van der Waals surface area contributed by atoms with E-state index in [0.29, 0.717) is 35.5 Å². The minimum atomic E-state index is -0.717. The third-order valence-electron chi connectivity index (χ3n) is 6.94. The Balaban J connectivity index is 1.68. The summed E-state index contributed by atoms with van der Waals surface area (Å²) in [4.78, 5) is 29.4. The lowest BCUT2D eigenvalue weighted by Crippen LogP contribution is -2.47. The quantitative estimate of drug-likeness (QED) is 0.409. The summed E-state index contributed by atoms with van der Waals surface area (Å²) in [5.74, 6) is -1.56. The molecule has 6 nitrogen and oxygen atoms in total. The summed E-state index contributed by atoms with van der Waals surface area (Å²) in [5, 5.41) is 3.88. The number of aryl methyl sites for hydroxylation is 2. The number of hydrogen-bond donors (Lipinski definition) is 1. The number of ether oxygens (including phenoxy) is 1. The Morgan fingerprint density at radius 3 is 2.58 bits per heavy atom. The van der Waals surface area contributed by atoms with E-state index in [1.807, 2.05) is 54.2 Å². The maximum Gasteiger partial charge on any atom is 0.254 e. The smallest absolute Gasteiger partial charge is 0.254 e. The van der Waals surface area contributed by atoms with Gasteiger partial charge >= 0.3 is 0 Å². The number of nitrogens with one attached hydrogen (secondary N) is 1. The van der Waals surface area contributed by atoms with Gasteiger partial charge in [0.15, 0.2) is 0 Å². The van der Waals surface area contributed by atoms with Crippen molar-refractivity contribution in [1.82, 2.24) is 9.47 Å². The van der Waals surface area contributed by atoms with Crippen LogP contribution >= 0.6 is 0 Å². The van der Waals surface area contributed by atoms with Crippen LogP contribution in [0.5, 0.6) is 0 Å². The Kier molecular flexibility index (Phi) is 6.33. The fourth-order valence-corrected chi connectivity index (χ4v) is 5.16. The average Bonchev–Trinajstić information content (AvgIpc) is 3.21. The highest BCUT2D eigenvalue weighted by atomic mass is 19.1. The Morgan fingerprint density at radius 2 is 1.81 bits per heavy atom. The number of nitrogens with zero attached hydrogens (tertiary/aromatic N) is 2. The standard InChI is InChI=1S/C29H28FN3O3/c1-18-12-13-19(16-24(18)30)31-28(34)26-21-9-4-5-10-22(21)29(35)33(14-15-36-3)27(26)23-17-32(2)25-11-7-6-8-20(23)25/h4-13,16-17,26-27H,14-15H2,1-3H3,(H,31,34)/t26-,27-/m0/s1. The van der Waals surface area contributed by atoms with Crippen molar-refractivity contribution in [3.63, 3.8) is 0 Å². The first kappa shape index (κ1) is 23.8. The highest BCUT2D eigenvalue weighted by Crippen LogP contribution is 2.45. The van der Waals surface area contributed by atoms with Crippen LogP contribution in [0.2, 0.25) is 0 Å². The van der Waals surface area contributed by atoms with Crippen LogP contribution in [0.15, 0.2) is 72.9 Å². The molecule has 1 aliphatic heterocycles. The third kappa shape index (κ3) is 4.05. The molecule has 0 unspecified atom stereocenters. The summed E-state index contributed by atoms with van der Waals surface area (Å²) in [7, 11) is 3.54. The summed E-state index contributed by atoms with van der Waals surface area (Å²) in [6.07, 6.45) is 1.99. The number of para-hydroxylation sites is 1. The molecule has 2 amide bonds. The van der Waals surface area contributed by atoms with E-state index in [1.54, 1.807) is 43.2 Å². The largest absolute Gasteiger partial charge is 0.383 e. The molecule has 184 valence electrons. The van der Waals surface area contributed by atoms with E-state index >= 15 is 0 Å². The molecule has 0 saturated heterocycles. The lowest BCUT2D eigenvalue weighted by Gasteiger charge is -2.41. The summed E-state index contributed by atoms with van der Waals surface area (Å²) < 4.78 is 21.6. The summed E-state index contributed by atoms with van der Waals surface area (Å²) in [6, 6.07) is 19.2. The molecule has 4 aromatic rings. The highest BCUT2D eigenvalue weighted by molar-refractivity contribution is 6.05. The molecular weight excluding hydrogens is 457 g/mol. The number of carbonyl (C=O) groups excluding carboxylic acids is 2. The number of methoxy groups -OCH3 is 1. The monoisotopic (exact) mass is 485 g/mol. The molecule has 0 radical (unpaired) electrons. The maximum absolute atomic E-state index is 14.3. The summed E-state index contributed by atoms with van der Waals surface area (Å²) in [6.45, 7) is 2.32. The van der Waals surface area contributed by atoms with Crippen LogP contribution in [0.4, 0.5) is 10.1 Å². The number of anilines is 1. The zero-order chi connectivity index (χ0) is 25.4. The lowest BCUT2D eigenvalue weighted by atomic mass is 9.79. The molecule has 1 N–H and O–H groups in total. The molecule has 1 aromatic heterocycles. The Labute approximate surface area is 209 Å². The van der Waals surface area contributed by atoms with Crippen LogP contribution in [0, 0.1) is 12.7 Å². The van der Waals surface area contributed by atoms with E-state index in [9.17, 15) is 14.0 Å². The van der Waals surface area contributed by atoms with Gasteiger partial charge in [-0.2, -0.15) is 0 Å².